The molecule has 11 nitrogen and oxygen atoms in total. The molecule has 5 heterocycles. The minimum absolute atomic E-state index is 0.189. The molecule has 0 amide bonds. The number of nitrogens with two attached hydrogens (primary N) is 1. The van der Waals surface area contributed by atoms with Crippen molar-refractivity contribution >= 4 is 61.7 Å². The van der Waals surface area contributed by atoms with E-state index in [-0.39, 0.29) is 6.10 Å². The molecule has 246 valence electrons. The SMILES string of the molecule is Nc1ncc(-c2cnn([C@H]3CC[C@H](O)CC3)c2)c2cc(-c3csc4cnc(Cl)cc34)oc12.O=C(O)C(F)(F)F.O=C(O)C(F)(F)F. The number of aliphatic carboxylic acids is 2. The van der Waals surface area contributed by atoms with Crippen LogP contribution in [0.15, 0.2) is 46.7 Å². The van der Waals surface area contributed by atoms with Gasteiger partial charge in [0.2, 0.25) is 0 Å². The van der Waals surface area contributed by atoms with Crippen molar-refractivity contribution in [1.82, 2.24) is 19.7 Å². The maximum absolute atomic E-state index is 10.6. The van der Waals surface area contributed by atoms with E-state index in [0.717, 1.165) is 57.8 Å². The third-order valence-electron chi connectivity index (χ3n) is 6.72. The van der Waals surface area contributed by atoms with Crippen molar-refractivity contribution in [2.24, 2.45) is 0 Å². The largest absolute Gasteiger partial charge is 0.490 e. The van der Waals surface area contributed by atoms with Gasteiger partial charge in [-0.2, -0.15) is 31.4 Å². The summed E-state index contributed by atoms with van der Waals surface area (Å²) in [6.45, 7) is 0. The van der Waals surface area contributed by atoms with Gasteiger partial charge in [0.15, 0.2) is 11.4 Å². The fraction of sp³-hybridized carbons (Fsp3) is 0.296. The van der Waals surface area contributed by atoms with E-state index < -0.39 is 24.3 Å². The van der Waals surface area contributed by atoms with Gasteiger partial charge < -0.3 is 25.5 Å². The Morgan fingerprint density at radius 2 is 1.54 bits per heavy atom. The van der Waals surface area contributed by atoms with Gasteiger partial charge in [0.25, 0.3) is 0 Å². The van der Waals surface area contributed by atoms with E-state index in [1.54, 1.807) is 23.7 Å². The Hall–Kier alpha value is -4.42. The molecule has 1 saturated carbocycles. The number of halogens is 7. The van der Waals surface area contributed by atoms with Crippen LogP contribution < -0.4 is 5.73 Å². The molecule has 19 heteroatoms. The number of carboxylic acids is 2. The van der Waals surface area contributed by atoms with Gasteiger partial charge in [-0.25, -0.2) is 19.6 Å². The second kappa shape index (κ2) is 13.5. The van der Waals surface area contributed by atoms with Crippen molar-refractivity contribution in [3.8, 4) is 22.5 Å². The molecule has 0 spiro atoms. The van der Waals surface area contributed by atoms with Gasteiger partial charge in [-0.1, -0.05) is 11.6 Å². The predicted molar refractivity (Wildman–Crippen MR) is 154 cm³/mol. The zero-order chi connectivity index (χ0) is 34.0. The zero-order valence-corrected chi connectivity index (χ0v) is 24.6. The van der Waals surface area contributed by atoms with Crippen molar-refractivity contribution < 1.29 is 55.7 Å². The summed E-state index contributed by atoms with van der Waals surface area (Å²) in [5.41, 5.74) is 9.56. The summed E-state index contributed by atoms with van der Waals surface area (Å²) in [6, 6.07) is 4.16. The Bertz CT molecular complexity index is 1840. The van der Waals surface area contributed by atoms with E-state index in [4.69, 9.17) is 41.6 Å². The summed E-state index contributed by atoms with van der Waals surface area (Å²) >= 11 is 7.72. The highest BCUT2D eigenvalue weighted by Crippen LogP contribution is 2.41. The molecule has 0 unspecified atom stereocenters. The number of alkyl halides is 6. The molecular formula is C27H22ClF6N5O6S. The Balaban J connectivity index is 0.000000289. The van der Waals surface area contributed by atoms with Crippen LogP contribution in [0.4, 0.5) is 32.2 Å². The van der Waals surface area contributed by atoms with E-state index in [1.807, 2.05) is 34.6 Å². The molecule has 1 aliphatic rings. The number of aliphatic hydroxyl groups is 1. The summed E-state index contributed by atoms with van der Waals surface area (Å²) in [5, 5.41) is 33.0. The normalized spacial score (nSPS) is 16.8. The molecule has 0 atom stereocenters. The van der Waals surface area contributed by atoms with E-state index >= 15 is 0 Å². The van der Waals surface area contributed by atoms with Gasteiger partial charge >= 0.3 is 24.3 Å². The summed E-state index contributed by atoms with van der Waals surface area (Å²) in [6.07, 6.45) is 0.573. The highest BCUT2D eigenvalue weighted by molar-refractivity contribution is 7.17. The highest BCUT2D eigenvalue weighted by Gasteiger charge is 2.39. The number of hydrogen-bond acceptors (Lipinski definition) is 9. The quantitative estimate of drug-likeness (QED) is 0.114. The zero-order valence-electron chi connectivity index (χ0n) is 23.0. The minimum Gasteiger partial charge on any atom is -0.475 e. The molecule has 5 aromatic heterocycles. The third kappa shape index (κ3) is 8.04. The summed E-state index contributed by atoms with van der Waals surface area (Å²) < 4.78 is 72.7. The molecule has 1 fully saturated rings. The van der Waals surface area contributed by atoms with Gasteiger partial charge in [0.05, 0.1) is 23.0 Å². The molecule has 6 rings (SSSR count). The predicted octanol–water partition coefficient (Wildman–Crippen LogP) is 6.95. The number of pyridine rings is 2. The third-order valence-corrected chi connectivity index (χ3v) is 7.86. The first-order valence-electron chi connectivity index (χ1n) is 13.0. The smallest absolute Gasteiger partial charge is 0.475 e. The number of anilines is 1. The van der Waals surface area contributed by atoms with Crippen LogP contribution in [0.25, 0.3) is 43.5 Å². The highest BCUT2D eigenvalue weighted by atomic mass is 35.5. The van der Waals surface area contributed by atoms with E-state index in [0.29, 0.717) is 28.4 Å². The molecule has 5 aromatic rings. The van der Waals surface area contributed by atoms with Crippen molar-refractivity contribution in [2.75, 3.05) is 5.73 Å². The van der Waals surface area contributed by atoms with E-state index in [9.17, 15) is 31.4 Å². The van der Waals surface area contributed by atoms with Gasteiger partial charge in [0, 0.05) is 51.4 Å². The van der Waals surface area contributed by atoms with Crippen molar-refractivity contribution in [1.29, 1.82) is 0 Å². The summed E-state index contributed by atoms with van der Waals surface area (Å²) in [7, 11) is 0. The number of nitrogen functional groups attached to an aromatic ring is 1. The number of carboxylic acid groups (broad SMARTS) is 2. The first kappa shape index (κ1) is 34.5. The maximum atomic E-state index is 10.6. The fourth-order valence-corrected chi connectivity index (χ4v) is 5.56. The van der Waals surface area contributed by atoms with Crippen molar-refractivity contribution in [2.45, 2.75) is 50.2 Å². The Morgan fingerprint density at radius 3 is 2.13 bits per heavy atom. The van der Waals surface area contributed by atoms with Crippen LogP contribution in [0.2, 0.25) is 5.15 Å². The average Bonchev–Trinajstić information content (AvgIpc) is 3.72. The van der Waals surface area contributed by atoms with Gasteiger partial charge in [-0.05, 0) is 37.8 Å². The lowest BCUT2D eigenvalue weighted by Crippen LogP contribution is -2.21. The number of nitrogens with zero attached hydrogens (tertiary/aromatic N) is 4. The average molecular weight is 694 g/mol. The summed E-state index contributed by atoms with van der Waals surface area (Å²) in [4.78, 5) is 26.3. The van der Waals surface area contributed by atoms with Crippen LogP contribution in [0, 0.1) is 0 Å². The lowest BCUT2D eigenvalue weighted by Gasteiger charge is -2.25. The molecule has 5 N–H and O–H groups in total. The van der Waals surface area contributed by atoms with Crippen LogP contribution in [0.5, 0.6) is 0 Å². The fourth-order valence-electron chi connectivity index (χ4n) is 4.50. The number of aromatic nitrogens is 4. The summed E-state index contributed by atoms with van der Waals surface area (Å²) in [5.74, 6) is -4.45. The molecule has 0 bridgehead atoms. The number of rotatable bonds is 3. The number of hydrogen-bond donors (Lipinski definition) is 4. The Morgan fingerprint density at radius 1 is 0.935 bits per heavy atom. The van der Waals surface area contributed by atoms with Crippen LogP contribution >= 0.6 is 22.9 Å². The molecule has 1 aliphatic carbocycles. The van der Waals surface area contributed by atoms with E-state index in [2.05, 4.69) is 15.1 Å². The molecule has 0 aliphatic heterocycles. The van der Waals surface area contributed by atoms with Gasteiger partial charge in [0.1, 0.15) is 10.9 Å². The first-order valence-corrected chi connectivity index (χ1v) is 14.3. The molecule has 0 aromatic carbocycles. The van der Waals surface area contributed by atoms with Crippen molar-refractivity contribution in [3.05, 3.63) is 47.5 Å². The molecular weight excluding hydrogens is 672 g/mol. The lowest BCUT2D eigenvalue weighted by molar-refractivity contribution is -0.193. The number of furan rings is 1. The maximum Gasteiger partial charge on any atom is 0.490 e. The standard InChI is InChI=1S/C23H20ClN5O2S.2C2HF3O2/c24-21-6-15-18(11-32-20(15)9-26-21)19-5-16-17(8-27-23(25)22(16)31-19)12-7-28-29(10-12)13-1-3-14(30)4-2-13;2*3-2(4,5)1(6)7/h5-11,13-14,30H,1-4H2,(H2,25,27);2*(H,6,7)/t13-,14-;;. The van der Waals surface area contributed by atoms with Crippen LogP contribution in [0.3, 0.4) is 0 Å². The van der Waals surface area contributed by atoms with E-state index in [1.165, 1.54) is 0 Å². The first-order chi connectivity index (χ1) is 21.5. The molecule has 0 saturated heterocycles. The van der Waals surface area contributed by atoms with Gasteiger partial charge in [-0.15, -0.1) is 11.3 Å². The second-order valence-electron chi connectivity index (χ2n) is 9.84. The Labute approximate surface area is 262 Å². The topological polar surface area (TPSA) is 178 Å². The van der Waals surface area contributed by atoms with Crippen molar-refractivity contribution in [3.63, 3.8) is 0 Å². The van der Waals surface area contributed by atoms with Crippen LogP contribution in [-0.2, 0) is 9.59 Å². The number of thiophene rings is 1. The second-order valence-corrected chi connectivity index (χ2v) is 11.1. The lowest BCUT2D eigenvalue weighted by atomic mass is 9.93. The van der Waals surface area contributed by atoms with Gasteiger partial charge in [-0.3, -0.25) is 4.68 Å². The number of aliphatic hydroxyl groups excluding tert-OH is 1. The molecule has 0 radical (unpaired) electrons. The van der Waals surface area contributed by atoms with Crippen LogP contribution in [0.1, 0.15) is 31.7 Å². The number of fused-ring (bicyclic) bond motifs is 2. The molecule has 46 heavy (non-hydrogen) atoms. The van der Waals surface area contributed by atoms with Crippen LogP contribution in [-0.4, -0.2) is 65.5 Å². The minimum atomic E-state index is -5.08. The monoisotopic (exact) mass is 693 g/mol. The number of carbonyl (C=O) groups is 2. The Kier molecular flexibility index (Phi) is 10.1.